The molecule has 210 valence electrons. The highest BCUT2D eigenvalue weighted by Gasteiger charge is 2.30. The number of hydrogen-bond donors (Lipinski definition) is 4. The molecule has 1 aromatic carbocycles. The summed E-state index contributed by atoms with van der Waals surface area (Å²) in [7, 11) is 0. The van der Waals surface area contributed by atoms with Crippen molar-refractivity contribution in [3.05, 3.63) is 40.9 Å². The molecule has 1 saturated carbocycles. The third-order valence-electron chi connectivity index (χ3n) is 7.61. The van der Waals surface area contributed by atoms with Gasteiger partial charge in [-0.25, -0.2) is 4.98 Å². The van der Waals surface area contributed by atoms with Gasteiger partial charge in [0.15, 0.2) is 5.69 Å². The molecule has 4 N–H and O–H groups in total. The molecule has 1 aliphatic carbocycles. The molecule has 1 atom stereocenters. The van der Waals surface area contributed by atoms with Crippen LogP contribution in [0, 0.1) is 5.92 Å². The molecule has 12 heteroatoms. The van der Waals surface area contributed by atoms with Gasteiger partial charge in [-0.3, -0.25) is 14.4 Å². The first-order valence-electron chi connectivity index (χ1n) is 13.6. The third-order valence-corrected chi connectivity index (χ3v) is 7.94. The monoisotopic (exact) mass is 558 g/mol. The lowest BCUT2D eigenvalue weighted by molar-refractivity contribution is -0.120. The maximum Gasteiger partial charge on any atom is 0.272 e. The standard InChI is InChI=1S/C27H35ClN6O5/c28-21-8-7-19(34-9-12-38-13-10-34)14-22(21)33-25(35)17-3-5-18(6-4-17)32-27(37)24-23(30-16-31-24)26(36)29-15-20-2-1-11-39-20/h7-8,14,16-18,20H,1-6,9-13,15H2,(H,29,36)(H,30,31)(H,32,37)(H,33,35). The van der Waals surface area contributed by atoms with Gasteiger partial charge >= 0.3 is 0 Å². The van der Waals surface area contributed by atoms with Gasteiger partial charge in [-0.05, 0) is 56.7 Å². The molecule has 11 nitrogen and oxygen atoms in total. The number of carbonyl (C=O) groups is 3. The highest BCUT2D eigenvalue weighted by atomic mass is 35.5. The minimum atomic E-state index is -0.405. The summed E-state index contributed by atoms with van der Waals surface area (Å²) in [6, 6.07) is 5.57. The lowest BCUT2D eigenvalue weighted by Gasteiger charge is -2.30. The molecule has 5 rings (SSSR count). The number of nitrogens with zero attached hydrogens (tertiary/aromatic N) is 2. The third kappa shape index (κ3) is 6.90. The number of aromatic nitrogens is 2. The zero-order valence-electron chi connectivity index (χ0n) is 21.8. The van der Waals surface area contributed by atoms with E-state index in [1.54, 1.807) is 6.07 Å². The van der Waals surface area contributed by atoms with Gasteiger partial charge in [0.25, 0.3) is 11.8 Å². The molecule has 0 bridgehead atoms. The number of imidazole rings is 1. The predicted octanol–water partition coefficient (Wildman–Crippen LogP) is 2.74. The molecule has 3 aliphatic rings. The number of halogens is 1. The number of H-pyrrole nitrogens is 1. The topological polar surface area (TPSA) is 138 Å². The number of anilines is 2. The second-order valence-electron chi connectivity index (χ2n) is 10.2. The molecule has 3 fully saturated rings. The lowest BCUT2D eigenvalue weighted by Crippen LogP contribution is -2.40. The van der Waals surface area contributed by atoms with Crippen LogP contribution >= 0.6 is 11.6 Å². The van der Waals surface area contributed by atoms with E-state index in [-0.39, 0.29) is 41.3 Å². The fourth-order valence-electron chi connectivity index (χ4n) is 5.36. The Kier molecular flexibility index (Phi) is 9.00. The van der Waals surface area contributed by atoms with Gasteiger partial charge < -0.3 is 35.3 Å². The number of rotatable bonds is 8. The molecule has 1 unspecified atom stereocenters. The Hall–Kier alpha value is -3.15. The van der Waals surface area contributed by atoms with Crippen LogP contribution in [0.1, 0.15) is 59.5 Å². The van der Waals surface area contributed by atoms with E-state index in [1.165, 1.54) is 6.33 Å². The number of carbonyl (C=O) groups excluding carboxylic acids is 3. The molecule has 0 radical (unpaired) electrons. The second-order valence-corrected chi connectivity index (χ2v) is 10.7. The van der Waals surface area contributed by atoms with Crippen molar-refractivity contribution < 1.29 is 23.9 Å². The summed E-state index contributed by atoms with van der Waals surface area (Å²) in [5.41, 5.74) is 1.80. The predicted molar refractivity (Wildman–Crippen MR) is 146 cm³/mol. The summed E-state index contributed by atoms with van der Waals surface area (Å²) < 4.78 is 11.0. The average molecular weight is 559 g/mol. The summed E-state index contributed by atoms with van der Waals surface area (Å²) in [6.07, 6.45) is 5.80. The van der Waals surface area contributed by atoms with E-state index >= 15 is 0 Å². The van der Waals surface area contributed by atoms with Gasteiger partial charge in [-0.15, -0.1) is 0 Å². The Labute approximate surface area is 232 Å². The molecule has 3 amide bonds. The minimum absolute atomic E-state index is 0.00580. The Balaban J connectivity index is 1.10. The Morgan fingerprint density at radius 3 is 2.59 bits per heavy atom. The van der Waals surface area contributed by atoms with E-state index in [2.05, 4.69) is 30.8 Å². The number of hydrogen-bond acceptors (Lipinski definition) is 7. The van der Waals surface area contributed by atoms with Crippen molar-refractivity contribution in [1.82, 2.24) is 20.6 Å². The molecule has 39 heavy (non-hydrogen) atoms. The molecule has 2 aliphatic heterocycles. The summed E-state index contributed by atoms with van der Waals surface area (Å²) in [4.78, 5) is 47.6. The first-order chi connectivity index (χ1) is 19.0. The summed E-state index contributed by atoms with van der Waals surface area (Å²) in [5, 5.41) is 9.30. The summed E-state index contributed by atoms with van der Waals surface area (Å²) >= 11 is 6.39. The zero-order chi connectivity index (χ0) is 27.2. The Morgan fingerprint density at radius 1 is 1.05 bits per heavy atom. The molecule has 0 spiro atoms. The van der Waals surface area contributed by atoms with Crippen LogP contribution in [0.15, 0.2) is 24.5 Å². The first kappa shape index (κ1) is 27.4. The van der Waals surface area contributed by atoms with Crippen LogP contribution in [0.3, 0.4) is 0 Å². The molecular formula is C27H35ClN6O5. The van der Waals surface area contributed by atoms with Crippen LogP contribution in [-0.4, -0.2) is 79.3 Å². The van der Waals surface area contributed by atoms with E-state index in [0.717, 1.165) is 31.6 Å². The minimum Gasteiger partial charge on any atom is -0.378 e. The second kappa shape index (κ2) is 12.8. The number of aromatic amines is 1. The maximum absolute atomic E-state index is 13.0. The summed E-state index contributed by atoms with van der Waals surface area (Å²) in [6.45, 7) is 4.05. The largest absolute Gasteiger partial charge is 0.378 e. The number of ether oxygens (including phenoxy) is 2. The van der Waals surface area contributed by atoms with Gasteiger partial charge in [-0.2, -0.15) is 0 Å². The number of amides is 3. The van der Waals surface area contributed by atoms with E-state index in [0.29, 0.717) is 62.8 Å². The maximum atomic E-state index is 13.0. The smallest absolute Gasteiger partial charge is 0.272 e. The molecule has 2 saturated heterocycles. The summed E-state index contributed by atoms with van der Waals surface area (Å²) in [5.74, 6) is -1.04. The van der Waals surface area contributed by atoms with Crippen LogP contribution in [0.2, 0.25) is 5.02 Å². The van der Waals surface area contributed by atoms with E-state index in [1.807, 2.05) is 12.1 Å². The fourth-order valence-corrected chi connectivity index (χ4v) is 5.52. The quantitative estimate of drug-likeness (QED) is 0.391. The number of morpholine rings is 1. The van der Waals surface area contributed by atoms with Crippen molar-refractivity contribution >= 4 is 40.7 Å². The van der Waals surface area contributed by atoms with Crippen molar-refractivity contribution in [2.45, 2.75) is 50.7 Å². The van der Waals surface area contributed by atoms with Crippen LogP contribution in [0.4, 0.5) is 11.4 Å². The molecule has 3 heterocycles. The van der Waals surface area contributed by atoms with Crippen LogP contribution in [0.5, 0.6) is 0 Å². The van der Waals surface area contributed by atoms with E-state index in [4.69, 9.17) is 21.1 Å². The van der Waals surface area contributed by atoms with Crippen LogP contribution < -0.4 is 20.9 Å². The van der Waals surface area contributed by atoms with Gasteiger partial charge in [-0.1, -0.05) is 11.6 Å². The lowest BCUT2D eigenvalue weighted by atomic mass is 9.85. The van der Waals surface area contributed by atoms with E-state index in [9.17, 15) is 14.4 Å². The normalized spacial score (nSPS) is 23.3. The van der Waals surface area contributed by atoms with E-state index < -0.39 is 5.91 Å². The zero-order valence-corrected chi connectivity index (χ0v) is 22.6. The van der Waals surface area contributed by atoms with Crippen molar-refractivity contribution in [1.29, 1.82) is 0 Å². The highest BCUT2D eigenvalue weighted by molar-refractivity contribution is 6.33. The van der Waals surface area contributed by atoms with Crippen molar-refractivity contribution in [3.63, 3.8) is 0 Å². The van der Waals surface area contributed by atoms with Crippen LogP contribution in [0.25, 0.3) is 0 Å². The van der Waals surface area contributed by atoms with Crippen molar-refractivity contribution in [2.24, 2.45) is 5.92 Å². The highest BCUT2D eigenvalue weighted by Crippen LogP contribution is 2.31. The fraction of sp³-hybridized carbons (Fsp3) is 0.556. The van der Waals surface area contributed by atoms with Gasteiger partial charge in [0.1, 0.15) is 5.69 Å². The van der Waals surface area contributed by atoms with Crippen LogP contribution in [-0.2, 0) is 14.3 Å². The number of benzene rings is 1. The molecule has 2 aromatic rings. The van der Waals surface area contributed by atoms with Crippen molar-refractivity contribution in [3.8, 4) is 0 Å². The Bertz CT molecular complexity index is 1170. The van der Waals surface area contributed by atoms with Gasteiger partial charge in [0, 0.05) is 43.9 Å². The Morgan fingerprint density at radius 2 is 1.85 bits per heavy atom. The van der Waals surface area contributed by atoms with Gasteiger partial charge in [0.05, 0.1) is 36.4 Å². The van der Waals surface area contributed by atoms with Gasteiger partial charge in [0.2, 0.25) is 5.91 Å². The molecular weight excluding hydrogens is 524 g/mol. The SMILES string of the molecule is O=C(NC1CCC(C(=O)Nc2cc(N3CCOCC3)ccc2Cl)CC1)c1nc[nH]c1C(=O)NCC1CCCO1. The number of nitrogens with one attached hydrogen (secondary N) is 4. The first-order valence-corrected chi connectivity index (χ1v) is 14.0. The van der Waals surface area contributed by atoms with Crippen molar-refractivity contribution in [2.75, 3.05) is 49.7 Å². The average Bonchev–Trinajstić information content (AvgIpc) is 3.67. The molecule has 1 aromatic heterocycles.